The second-order valence-corrected chi connectivity index (χ2v) is 11.4. The van der Waals surface area contributed by atoms with Gasteiger partial charge < -0.3 is 0 Å². The van der Waals surface area contributed by atoms with Gasteiger partial charge in [-0.25, -0.2) is 9.78 Å². The average Bonchev–Trinajstić information content (AvgIpc) is 3.10. The number of allylic oxidation sites excluding steroid dienone is 2. The van der Waals surface area contributed by atoms with Crippen LogP contribution in [0.1, 0.15) is 98.3 Å². The summed E-state index contributed by atoms with van der Waals surface area (Å²) < 4.78 is 0. The average molecular weight is 414 g/mol. The van der Waals surface area contributed by atoms with Crippen molar-refractivity contribution < 1.29 is 9.78 Å². The van der Waals surface area contributed by atoms with E-state index in [-0.39, 0.29) is 0 Å². The van der Waals surface area contributed by atoms with E-state index < -0.39 is 6.10 Å². The Balaban J connectivity index is 1.44. The maximum Gasteiger partial charge on any atom is 0.179 e. The number of hydrogen-bond donors (Lipinski definition) is 0. The molecule has 0 N–H and O–H groups in total. The van der Waals surface area contributed by atoms with E-state index in [1.165, 1.54) is 57.8 Å². The van der Waals surface area contributed by atoms with Crippen LogP contribution in [0.25, 0.3) is 0 Å². The minimum Gasteiger partial charge on any atom is -0.236 e. The van der Waals surface area contributed by atoms with Gasteiger partial charge in [0.25, 0.3) is 0 Å². The minimum atomic E-state index is -0.429. The molecule has 0 aliphatic heterocycles. The summed E-state index contributed by atoms with van der Waals surface area (Å²) in [7, 11) is 0. The summed E-state index contributed by atoms with van der Waals surface area (Å²) in [5.41, 5.74) is 2.81. The largest absolute Gasteiger partial charge is 0.236 e. The van der Waals surface area contributed by atoms with E-state index in [4.69, 9.17) is 9.78 Å². The Labute approximate surface area is 184 Å². The van der Waals surface area contributed by atoms with E-state index in [9.17, 15) is 5.26 Å². The fourth-order valence-corrected chi connectivity index (χ4v) is 8.57. The number of nitrogens with zero attached hydrogens (tertiary/aromatic N) is 1. The summed E-state index contributed by atoms with van der Waals surface area (Å²) in [5, 5.41) is 9.36. The Morgan fingerprint density at radius 3 is 2.73 bits per heavy atom. The Morgan fingerprint density at radius 1 is 1.13 bits per heavy atom. The maximum atomic E-state index is 9.36. The smallest absolute Gasteiger partial charge is 0.179 e. The predicted molar refractivity (Wildman–Crippen MR) is 120 cm³/mol. The van der Waals surface area contributed by atoms with Gasteiger partial charge in [-0.3, -0.25) is 0 Å². The lowest BCUT2D eigenvalue weighted by atomic mass is 9.47. The second kappa shape index (κ2) is 8.95. The Morgan fingerprint density at radius 2 is 1.97 bits per heavy atom. The van der Waals surface area contributed by atoms with Crippen molar-refractivity contribution >= 4 is 0 Å². The van der Waals surface area contributed by atoms with Crippen LogP contribution in [-0.2, 0) is 9.78 Å². The van der Waals surface area contributed by atoms with Crippen LogP contribution in [0.5, 0.6) is 0 Å². The molecule has 0 heterocycles. The van der Waals surface area contributed by atoms with Gasteiger partial charge in [-0.15, -0.1) is 0 Å². The highest BCUT2D eigenvalue weighted by Crippen LogP contribution is 2.67. The lowest BCUT2D eigenvalue weighted by Crippen LogP contribution is -2.50. The summed E-state index contributed by atoms with van der Waals surface area (Å²) in [6.45, 7) is 10.1. The summed E-state index contributed by atoms with van der Waals surface area (Å²) in [6.07, 6.45) is 16.7. The van der Waals surface area contributed by atoms with Gasteiger partial charge in [-0.1, -0.05) is 38.8 Å². The first-order valence-electron chi connectivity index (χ1n) is 12.8. The molecule has 0 saturated heterocycles. The molecule has 4 rings (SSSR count). The van der Waals surface area contributed by atoms with Gasteiger partial charge in [0.2, 0.25) is 0 Å². The normalized spacial score (nSPS) is 42.3. The number of fused-ring (bicyclic) bond motifs is 5. The van der Waals surface area contributed by atoms with Gasteiger partial charge in [0, 0.05) is 0 Å². The van der Waals surface area contributed by atoms with Gasteiger partial charge in [0.1, 0.15) is 0 Å². The van der Waals surface area contributed by atoms with E-state index in [0.29, 0.717) is 23.4 Å². The summed E-state index contributed by atoms with van der Waals surface area (Å²) >= 11 is 0. The van der Waals surface area contributed by atoms with Crippen LogP contribution in [0.4, 0.5) is 0 Å². The van der Waals surface area contributed by atoms with Crippen LogP contribution in [-0.4, -0.2) is 12.7 Å². The third kappa shape index (κ3) is 3.77. The standard InChI is InChI=1S/C27H43NO2/c1-5-29-30-21(18-28)11-9-19(2)23-13-14-24-22-12-10-20-8-6-7-16-26(20,3)25(22)15-17-27(23,24)4/h10,19,21-25H,5-9,11-17H2,1-4H3/t19-,21?,22+,23-,24+,25+,26+,27-/m1/s1. The molecule has 0 aromatic heterocycles. The van der Waals surface area contributed by atoms with Crippen LogP contribution < -0.4 is 0 Å². The fraction of sp³-hybridized carbons (Fsp3) is 0.889. The van der Waals surface area contributed by atoms with Gasteiger partial charge in [0.05, 0.1) is 12.7 Å². The zero-order valence-corrected chi connectivity index (χ0v) is 19.8. The SMILES string of the molecule is CCOOC(C#N)CC[C@@H](C)[C@H]1CC[C@H]2[C@@H]3CC=C4CCCC[C@]4(C)[C@H]3CC[C@]12C. The number of rotatable bonds is 7. The molecule has 30 heavy (non-hydrogen) atoms. The molecule has 3 heteroatoms. The fourth-order valence-electron chi connectivity index (χ4n) is 8.57. The molecule has 3 saturated carbocycles. The van der Waals surface area contributed by atoms with Crippen molar-refractivity contribution in [1.29, 1.82) is 5.26 Å². The van der Waals surface area contributed by atoms with Gasteiger partial charge >= 0.3 is 0 Å². The molecule has 4 aliphatic rings. The van der Waals surface area contributed by atoms with E-state index in [0.717, 1.165) is 36.5 Å². The Bertz CT molecular complexity index is 681. The molecular formula is C27H43NO2. The highest BCUT2D eigenvalue weighted by Gasteiger charge is 2.58. The second-order valence-electron chi connectivity index (χ2n) is 11.4. The first kappa shape index (κ1) is 22.3. The Kier molecular flexibility index (Phi) is 6.67. The summed E-state index contributed by atoms with van der Waals surface area (Å²) in [6, 6.07) is 2.26. The van der Waals surface area contributed by atoms with Crippen LogP contribution >= 0.6 is 0 Å². The van der Waals surface area contributed by atoms with Crippen LogP contribution in [0.15, 0.2) is 11.6 Å². The van der Waals surface area contributed by atoms with Crippen LogP contribution in [0.3, 0.4) is 0 Å². The minimum absolute atomic E-state index is 0.429. The van der Waals surface area contributed by atoms with Crippen molar-refractivity contribution in [2.45, 2.75) is 104 Å². The monoisotopic (exact) mass is 413 g/mol. The molecular weight excluding hydrogens is 370 g/mol. The van der Waals surface area contributed by atoms with Crippen LogP contribution in [0.2, 0.25) is 0 Å². The topological polar surface area (TPSA) is 42.2 Å². The van der Waals surface area contributed by atoms with Crippen molar-refractivity contribution in [3.8, 4) is 6.07 Å². The van der Waals surface area contributed by atoms with Crippen molar-refractivity contribution in [2.75, 3.05) is 6.61 Å². The highest BCUT2D eigenvalue weighted by atomic mass is 17.2. The molecule has 168 valence electrons. The summed E-state index contributed by atoms with van der Waals surface area (Å²) in [5.74, 6) is 4.16. The van der Waals surface area contributed by atoms with Crippen LogP contribution in [0, 0.1) is 51.8 Å². The van der Waals surface area contributed by atoms with Crippen molar-refractivity contribution in [1.82, 2.24) is 0 Å². The molecule has 8 atom stereocenters. The van der Waals surface area contributed by atoms with Gasteiger partial charge in [0.15, 0.2) is 6.10 Å². The molecule has 0 amide bonds. The Hall–Kier alpha value is -0.850. The molecule has 3 nitrogen and oxygen atoms in total. The maximum absolute atomic E-state index is 9.36. The molecule has 4 aliphatic carbocycles. The zero-order chi connectivity index (χ0) is 21.4. The molecule has 0 aromatic rings. The van der Waals surface area contributed by atoms with Crippen molar-refractivity contribution in [3.05, 3.63) is 11.6 Å². The number of nitriles is 1. The van der Waals surface area contributed by atoms with Gasteiger partial charge in [-0.05, 0) is 112 Å². The van der Waals surface area contributed by atoms with Gasteiger partial charge in [-0.2, -0.15) is 5.26 Å². The molecule has 1 unspecified atom stereocenters. The molecule has 0 aromatic carbocycles. The lowest BCUT2D eigenvalue weighted by molar-refractivity contribution is -0.310. The third-order valence-electron chi connectivity index (χ3n) is 10.1. The first-order valence-corrected chi connectivity index (χ1v) is 12.8. The van der Waals surface area contributed by atoms with E-state index in [2.05, 4.69) is 32.9 Å². The molecule has 0 radical (unpaired) electrons. The first-order chi connectivity index (χ1) is 14.4. The van der Waals surface area contributed by atoms with E-state index in [1.54, 1.807) is 0 Å². The zero-order valence-electron chi connectivity index (χ0n) is 19.8. The van der Waals surface area contributed by atoms with Crippen molar-refractivity contribution in [3.63, 3.8) is 0 Å². The van der Waals surface area contributed by atoms with E-state index >= 15 is 0 Å². The lowest BCUT2D eigenvalue weighted by Gasteiger charge is -2.58. The molecule has 3 fully saturated rings. The van der Waals surface area contributed by atoms with Crippen molar-refractivity contribution in [2.24, 2.45) is 40.4 Å². The summed E-state index contributed by atoms with van der Waals surface area (Å²) in [4.78, 5) is 10.3. The number of hydrogen-bond acceptors (Lipinski definition) is 3. The van der Waals surface area contributed by atoms with E-state index in [1.807, 2.05) is 12.5 Å². The predicted octanol–water partition coefficient (Wildman–Crippen LogP) is 7.23. The quantitative estimate of drug-likeness (QED) is 0.251. The molecule has 0 bridgehead atoms. The molecule has 0 spiro atoms. The third-order valence-corrected chi connectivity index (χ3v) is 10.1. The highest BCUT2D eigenvalue weighted by molar-refractivity contribution is 5.24.